The SMILES string of the molecule is CC(=O)c1ccccc1NC(=O)COC(=O)C[C@@H]1C[C@@H]2CC[C@@H]1C2. The number of amides is 1. The molecule has 1 N–H and O–H groups in total. The fourth-order valence-corrected chi connectivity index (χ4v) is 4.13. The van der Waals surface area contributed by atoms with E-state index in [0.29, 0.717) is 29.5 Å². The van der Waals surface area contributed by atoms with Gasteiger partial charge in [-0.3, -0.25) is 14.4 Å². The van der Waals surface area contributed by atoms with Gasteiger partial charge in [0.2, 0.25) is 0 Å². The molecule has 2 fully saturated rings. The van der Waals surface area contributed by atoms with Crippen molar-refractivity contribution in [1.29, 1.82) is 0 Å². The highest BCUT2D eigenvalue weighted by Crippen LogP contribution is 2.49. The highest BCUT2D eigenvalue weighted by Gasteiger charge is 2.40. The summed E-state index contributed by atoms with van der Waals surface area (Å²) >= 11 is 0. The van der Waals surface area contributed by atoms with Gasteiger partial charge in [-0.15, -0.1) is 0 Å². The maximum Gasteiger partial charge on any atom is 0.306 e. The lowest BCUT2D eigenvalue weighted by Crippen LogP contribution is -2.23. The van der Waals surface area contributed by atoms with Crippen LogP contribution in [0.15, 0.2) is 24.3 Å². The Hall–Kier alpha value is -2.17. The zero-order valence-corrected chi connectivity index (χ0v) is 13.9. The van der Waals surface area contributed by atoms with Crippen LogP contribution in [0.2, 0.25) is 0 Å². The maximum atomic E-state index is 12.0. The first-order valence-corrected chi connectivity index (χ1v) is 8.58. The first-order chi connectivity index (χ1) is 11.5. The summed E-state index contributed by atoms with van der Waals surface area (Å²) in [6.07, 6.45) is 5.32. The van der Waals surface area contributed by atoms with Gasteiger partial charge in [-0.2, -0.15) is 0 Å². The number of fused-ring (bicyclic) bond motifs is 2. The van der Waals surface area contributed by atoms with Crippen LogP contribution in [-0.4, -0.2) is 24.3 Å². The standard InChI is InChI=1S/C19H23NO4/c1-12(21)16-4-2-3-5-17(16)20-18(22)11-24-19(23)10-15-9-13-6-7-14(15)8-13/h2-5,13-15H,6-11H2,1H3,(H,20,22)/t13-,14-,15+/m1/s1. The van der Waals surface area contributed by atoms with Crippen LogP contribution in [0.4, 0.5) is 5.69 Å². The fraction of sp³-hybridized carbons (Fsp3) is 0.526. The number of para-hydroxylation sites is 1. The molecule has 2 aliphatic rings. The van der Waals surface area contributed by atoms with Crippen molar-refractivity contribution in [2.75, 3.05) is 11.9 Å². The van der Waals surface area contributed by atoms with Gasteiger partial charge in [0, 0.05) is 12.0 Å². The Morgan fingerprint density at radius 3 is 2.62 bits per heavy atom. The first kappa shape index (κ1) is 16.7. The average Bonchev–Trinajstić information content (AvgIpc) is 3.16. The molecule has 3 rings (SSSR count). The van der Waals surface area contributed by atoms with Crippen molar-refractivity contribution >= 4 is 23.3 Å². The maximum absolute atomic E-state index is 12.0. The number of ketones is 1. The van der Waals surface area contributed by atoms with Crippen LogP contribution in [0.5, 0.6) is 0 Å². The molecule has 2 aliphatic carbocycles. The Bertz CT molecular complexity index is 655. The van der Waals surface area contributed by atoms with E-state index in [-0.39, 0.29) is 18.4 Å². The molecule has 0 spiro atoms. The van der Waals surface area contributed by atoms with E-state index in [2.05, 4.69) is 5.32 Å². The van der Waals surface area contributed by atoms with E-state index in [9.17, 15) is 14.4 Å². The van der Waals surface area contributed by atoms with Crippen molar-refractivity contribution in [1.82, 2.24) is 0 Å². The summed E-state index contributed by atoms with van der Waals surface area (Å²) in [5, 5.41) is 2.63. The Balaban J connectivity index is 1.46. The second-order valence-corrected chi connectivity index (χ2v) is 6.95. The summed E-state index contributed by atoms with van der Waals surface area (Å²) in [7, 11) is 0. The normalized spacial score (nSPS) is 24.6. The third-order valence-corrected chi connectivity index (χ3v) is 5.26. The largest absolute Gasteiger partial charge is 0.456 e. The minimum atomic E-state index is -0.426. The number of hydrogen-bond acceptors (Lipinski definition) is 4. The first-order valence-electron chi connectivity index (χ1n) is 8.58. The van der Waals surface area contributed by atoms with Gasteiger partial charge in [-0.25, -0.2) is 0 Å². The highest BCUT2D eigenvalue weighted by molar-refractivity contribution is 6.04. The second-order valence-electron chi connectivity index (χ2n) is 6.95. The van der Waals surface area contributed by atoms with Crippen LogP contribution in [0.25, 0.3) is 0 Å². The predicted octanol–water partition coefficient (Wildman–Crippen LogP) is 3.20. The highest BCUT2D eigenvalue weighted by atomic mass is 16.5. The van der Waals surface area contributed by atoms with Gasteiger partial charge in [0.1, 0.15) is 0 Å². The van der Waals surface area contributed by atoms with Crippen molar-refractivity contribution in [2.45, 2.75) is 39.0 Å². The molecule has 0 aliphatic heterocycles. The summed E-state index contributed by atoms with van der Waals surface area (Å²) in [6.45, 7) is 1.13. The summed E-state index contributed by atoms with van der Waals surface area (Å²) in [5.74, 6) is 1.03. The number of anilines is 1. The molecular weight excluding hydrogens is 306 g/mol. The Morgan fingerprint density at radius 1 is 1.17 bits per heavy atom. The van der Waals surface area contributed by atoms with E-state index in [0.717, 1.165) is 12.3 Å². The predicted molar refractivity (Wildman–Crippen MR) is 89.6 cm³/mol. The minimum absolute atomic E-state index is 0.126. The van der Waals surface area contributed by atoms with Crippen molar-refractivity contribution in [2.24, 2.45) is 17.8 Å². The van der Waals surface area contributed by atoms with Crippen LogP contribution in [-0.2, 0) is 14.3 Å². The topological polar surface area (TPSA) is 72.5 Å². The molecule has 2 saturated carbocycles. The molecule has 3 atom stereocenters. The number of carbonyl (C=O) groups excluding carboxylic acids is 3. The van der Waals surface area contributed by atoms with E-state index in [4.69, 9.17) is 4.74 Å². The smallest absolute Gasteiger partial charge is 0.306 e. The molecule has 5 nitrogen and oxygen atoms in total. The van der Waals surface area contributed by atoms with Crippen LogP contribution >= 0.6 is 0 Å². The fourth-order valence-electron chi connectivity index (χ4n) is 4.13. The molecule has 0 radical (unpaired) electrons. The van der Waals surface area contributed by atoms with Crippen molar-refractivity contribution in [3.8, 4) is 0 Å². The van der Waals surface area contributed by atoms with Crippen molar-refractivity contribution in [3.05, 3.63) is 29.8 Å². The van der Waals surface area contributed by atoms with Gasteiger partial charge >= 0.3 is 5.97 Å². The monoisotopic (exact) mass is 329 g/mol. The lowest BCUT2D eigenvalue weighted by molar-refractivity contribution is -0.148. The van der Waals surface area contributed by atoms with Gasteiger partial charge in [-0.05, 0) is 56.1 Å². The Kier molecular flexibility index (Phi) is 4.97. The van der Waals surface area contributed by atoms with E-state index in [1.165, 1.54) is 26.2 Å². The van der Waals surface area contributed by atoms with Gasteiger partial charge in [0.15, 0.2) is 12.4 Å². The number of esters is 1. The van der Waals surface area contributed by atoms with Crippen molar-refractivity contribution in [3.63, 3.8) is 0 Å². The number of nitrogens with one attached hydrogen (secondary N) is 1. The number of ether oxygens (including phenoxy) is 1. The summed E-state index contributed by atoms with van der Waals surface area (Å²) in [6, 6.07) is 6.79. The van der Waals surface area contributed by atoms with Crippen LogP contribution < -0.4 is 5.32 Å². The molecule has 1 amide bonds. The zero-order valence-electron chi connectivity index (χ0n) is 13.9. The van der Waals surface area contributed by atoms with E-state index in [1.54, 1.807) is 24.3 Å². The van der Waals surface area contributed by atoms with Crippen LogP contribution in [0, 0.1) is 17.8 Å². The molecule has 24 heavy (non-hydrogen) atoms. The molecule has 1 aromatic rings. The Labute approximate surface area is 141 Å². The zero-order chi connectivity index (χ0) is 17.1. The number of Topliss-reactive ketones (excluding diaryl/α,β-unsaturated/α-hetero) is 1. The van der Waals surface area contributed by atoms with Crippen molar-refractivity contribution < 1.29 is 19.1 Å². The van der Waals surface area contributed by atoms with Gasteiger partial charge in [0.05, 0.1) is 5.69 Å². The third-order valence-electron chi connectivity index (χ3n) is 5.26. The number of benzene rings is 1. The van der Waals surface area contributed by atoms with Gasteiger partial charge in [0.25, 0.3) is 5.91 Å². The van der Waals surface area contributed by atoms with Crippen LogP contribution in [0.3, 0.4) is 0 Å². The molecule has 0 unspecified atom stereocenters. The van der Waals surface area contributed by atoms with E-state index < -0.39 is 5.91 Å². The minimum Gasteiger partial charge on any atom is -0.456 e. The quantitative estimate of drug-likeness (QED) is 0.642. The second kappa shape index (κ2) is 7.16. The average molecular weight is 329 g/mol. The molecule has 0 saturated heterocycles. The molecule has 1 aromatic carbocycles. The molecule has 0 aromatic heterocycles. The molecule has 128 valence electrons. The number of hydrogen-bond donors (Lipinski definition) is 1. The Morgan fingerprint density at radius 2 is 1.96 bits per heavy atom. The van der Waals surface area contributed by atoms with Gasteiger partial charge < -0.3 is 10.1 Å². The van der Waals surface area contributed by atoms with E-state index in [1.807, 2.05) is 0 Å². The molecule has 0 heterocycles. The molecular formula is C19H23NO4. The van der Waals surface area contributed by atoms with Gasteiger partial charge in [-0.1, -0.05) is 18.6 Å². The molecule has 2 bridgehead atoms. The summed E-state index contributed by atoms with van der Waals surface area (Å²) < 4.78 is 5.11. The lowest BCUT2D eigenvalue weighted by atomic mass is 9.86. The number of rotatable bonds is 6. The van der Waals surface area contributed by atoms with Crippen LogP contribution in [0.1, 0.15) is 49.4 Å². The summed E-state index contributed by atoms with van der Waals surface area (Å²) in [4.78, 5) is 35.4. The third kappa shape index (κ3) is 3.83. The molecule has 5 heteroatoms. The number of carbonyl (C=O) groups is 3. The van der Waals surface area contributed by atoms with E-state index >= 15 is 0 Å². The lowest BCUT2D eigenvalue weighted by Gasteiger charge is -2.20. The summed E-state index contributed by atoms with van der Waals surface area (Å²) in [5.41, 5.74) is 0.887.